The zero-order valence-electron chi connectivity index (χ0n) is 15.1. The number of aromatic amines is 1. The third-order valence-electron chi connectivity index (χ3n) is 4.71. The van der Waals surface area contributed by atoms with Crippen molar-refractivity contribution < 1.29 is 13.2 Å². The molecule has 26 heavy (non-hydrogen) atoms. The Labute approximate surface area is 154 Å². The highest BCUT2D eigenvalue weighted by Gasteiger charge is 2.29. The molecule has 0 saturated carbocycles. The van der Waals surface area contributed by atoms with Gasteiger partial charge in [0.2, 0.25) is 15.9 Å². The van der Waals surface area contributed by atoms with E-state index in [0.29, 0.717) is 18.8 Å². The number of nitrogens with zero attached hydrogens (tertiary/aromatic N) is 3. The van der Waals surface area contributed by atoms with Crippen molar-refractivity contribution in [1.29, 1.82) is 0 Å². The number of piperidine rings is 1. The van der Waals surface area contributed by atoms with Gasteiger partial charge in [-0.1, -0.05) is 12.1 Å². The lowest BCUT2D eigenvalue weighted by atomic mass is 9.95. The highest BCUT2D eigenvalue weighted by atomic mass is 32.2. The van der Waals surface area contributed by atoms with Gasteiger partial charge in [-0.05, 0) is 43.5 Å². The molecule has 1 atom stereocenters. The van der Waals surface area contributed by atoms with Gasteiger partial charge in [0.05, 0.1) is 11.9 Å². The van der Waals surface area contributed by atoms with Crippen molar-refractivity contribution in [3.05, 3.63) is 47.8 Å². The van der Waals surface area contributed by atoms with E-state index in [1.54, 1.807) is 29.3 Å². The van der Waals surface area contributed by atoms with Gasteiger partial charge in [-0.2, -0.15) is 5.10 Å². The molecule has 7 nitrogen and oxygen atoms in total. The summed E-state index contributed by atoms with van der Waals surface area (Å²) < 4.78 is 25.7. The second kappa shape index (κ2) is 7.49. The first-order chi connectivity index (χ1) is 12.3. The molecule has 1 aromatic carbocycles. The smallest absolute Gasteiger partial charge is 0.243 e. The summed E-state index contributed by atoms with van der Waals surface area (Å²) in [6.07, 6.45) is 4.71. The standard InChI is InChI=1S/C18H24N4O3S/c1-14-5-3-7-16(11-14)22(26(2,24)25)13-18(23)21-10-4-6-15(12-21)17-8-9-19-20-17/h3,5,7-9,11,15H,4,6,10,12-13H2,1-2H3,(H,19,20)/t15-/m0/s1. The van der Waals surface area contributed by atoms with Crippen molar-refractivity contribution in [2.45, 2.75) is 25.7 Å². The minimum atomic E-state index is -3.56. The number of likely N-dealkylation sites (tertiary alicyclic amines) is 1. The molecule has 1 fully saturated rings. The Bertz CT molecular complexity index is 864. The Hall–Kier alpha value is -2.35. The number of rotatable bonds is 5. The zero-order valence-corrected chi connectivity index (χ0v) is 15.9. The molecule has 0 bridgehead atoms. The zero-order chi connectivity index (χ0) is 18.7. The number of hydrogen-bond donors (Lipinski definition) is 1. The molecule has 0 spiro atoms. The minimum Gasteiger partial charge on any atom is -0.340 e. The van der Waals surface area contributed by atoms with E-state index >= 15 is 0 Å². The molecular weight excluding hydrogens is 352 g/mol. The summed E-state index contributed by atoms with van der Waals surface area (Å²) in [6, 6.07) is 9.10. The lowest BCUT2D eigenvalue weighted by molar-refractivity contribution is -0.130. The fourth-order valence-corrected chi connectivity index (χ4v) is 4.20. The van der Waals surface area contributed by atoms with E-state index < -0.39 is 10.0 Å². The van der Waals surface area contributed by atoms with Crippen LogP contribution in [0.2, 0.25) is 0 Å². The molecule has 1 N–H and O–H groups in total. The number of nitrogens with one attached hydrogen (secondary N) is 1. The maximum Gasteiger partial charge on any atom is 0.243 e. The van der Waals surface area contributed by atoms with Crippen LogP contribution in [0.4, 0.5) is 5.69 Å². The SMILES string of the molecule is Cc1cccc(N(CC(=O)N2CCC[C@H](c3ccn[nH]3)C2)S(C)(=O)=O)c1. The molecule has 1 aliphatic heterocycles. The topological polar surface area (TPSA) is 86.4 Å². The number of amides is 1. The lowest BCUT2D eigenvalue weighted by Gasteiger charge is -2.34. The third kappa shape index (κ3) is 4.24. The van der Waals surface area contributed by atoms with Crippen LogP contribution in [0.3, 0.4) is 0 Å². The van der Waals surface area contributed by atoms with Crippen LogP contribution in [0, 0.1) is 6.92 Å². The maximum absolute atomic E-state index is 12.8. The van der Waals surface area contributed by atoms with Crippen LogP contribution in [0.15, 0.2) is 36.5 Å². The first-order valence-corrected chi connectivity index (χ1v) is 10.5. The second-order valence-electron chi connectivity index (χ2n) is 6.80. The molecular formula is C18H24N4O3S. The largest absolute Gasteiger partial charge is 0.340 e. The van der Waals surface area contributed by atoms with Crippen molar-refractivity contribution in [2.75, 3.05) is 30.2 Å². The summed E-state index contributed by atoms with van der Waals surface area (Å²) in [5.41, 5.74) is 2.48. The first kappa shape index (κ1) is 18.4. The van der Waals surface area contributed by atoms with Crippen molar-refractivity contribution >= 4 is 21.6 Å². The summed E-state index contributed by atoms with van der Waals surface area (Å²) in [7, 11) is -3.56. The van der Waals surface area contributed by atoms with Gasteiger partial charge in [-0.25, -0.2) is 8.42 Å². The van der Waals surface area contributed by atoms with E-state index in [-0.39, 0.29) is 18.4 Å². The molecule has 0 radical (unpaired) electrons. The number of carbonyl (C=O) groups excluding carboxylic acids is 1. The van der Waals surface area contributed by atoms with Crippen molar-refractivity contribution in [2.24, 2.45) is 0 Å². The van der Waals surface area contributed by atoms with Crippen molar-refractivity contribution in [3.63, 3.8) is 0 Å². The number of aromatic nitrogens is 2. The van der Waals surface area contributed by atoms with Crippen LogP contribution < -0.4 is 4.31 Å². The number of benzene rings is 1. The monoisotopic (exact) mass is 376 g/mol. The molecule has 8 heteroatoms. The molecule has 2 heterocycles. The molecule has 0 aliphatic carbocycles. The fraction of sp³-hybridized carbons (Fsp3) is 0.444. The molecule has 1 aromatic heterocycles. The van der Waals surface area contributed by atoms with Crippen LogP contribution in [0.5, 0.6) is 0 Å². The number of hydrogen-bond acceptors (Lipinski definition) is 4. The Kier molecular flexibility index (Phi) is 5.31. The summed E-state index contributed by atoms with van der Waals surface area (Å²) in [6.45, 7) is 2.94. The van der Waals surface area contributed by atoms with Gasteiger partial charge in [0, 0.05) is 30.9 Å². The van der Waals surface area contributed by atoms with E-state index in [1.807, 2.05) is 19.1 Å². The van der Waals surface area contributed by atoms with Gasteiger partial charge in [0.1, 0.15) is 6.54 Å². The quantitative estimate of drug-likeness (QED) is 0.863. The predicted octanol–water partition coefficient (Wildman–Crippen LogP) is 1.89. The highest BCUT2D eigenvalue weighted by molar-refractivity contribution is 7.92. The summed E-state index contributed by atoms with van der Waals surface area (Å²) in [5.74, 6) is 0.0296. The van der Waals surface area contributed by atoms with E-state index in [4.69, 9.17) is 0 Å². The molecule has 1 aliphatic rings. The van der Waals surface area contributed by atoms with Crippen LogP contribution in [0.25, 0.3) is 0 Å². The number of H-pyrrole nitrogens is 1. The van der Waals surface area contributed by atoms with Gasteiger partial charge in [-0.15, -0.1) is 0 Å². The Morgan fingerprint density at radius 3 is 2.85 bits per heavy atom. The van der Waals surface area contributed by atoms with E-state index in [9.17, 15) is 13.2 Å². The fourth-order valence-electron chi connectivity index (χ4n) is 3.36. The van der Waals surface area contributed by atoms with Gasteiger partial charge in [0.15, 0.2) is 0 Å². The van der Waals surface area contributed by atoms with E-state index in [0.717, 1.165) is 30.4 Å². The number of sulfonamides is 1. The highest BCUT2D eigenvalue weighted by Crippen LogP contribution is 2.26. The Morgan fingerprint density at radius 2 is 2.19 bits per heavy atom. The molecule has 140 valence electrons. The van der Waals surface area contributed by atoms with Gasteiger partial charge >= 0.3 is 0 Å². The number of aryl methyl sites for hydroxylation is 1. The average Bonchev–Trinajstić information content (AvgIpc) is 3.13. The normalized spacial score (nSPS) is 17.9. The summed E-state index contributed by atoms with van der Waals surface area (Å²) >= 11 is 0. The maximum atomic E-state index is 12.8. The summed E-state index contributed by atoms with van der Waals surface area (Å²) in [5, 5.41) is 6.95. The van der Waals surface area contributed by atoms with Crippen LogP contribution in [-0.4, -0.2) is 55.3 Å². The Balaban J connectivity index is 1.75. The number of carbonyl (C=O) groups is 1. The molecule has 0 unspecified atom stereocenters. The second-order valence-corrected chi connectivity index (χ2v) is 8.71. The number of anilines is 1. The molecule has 1 amide bonds. The van der Waals surface area contributed by atoms with Crippen LogP contribution >= 0.6 is 0 Å². The summed E-state index contributed by atoms with van der Waals surface area (Å²) in [4.78, 5) is 14.6. The molecule has 1 saturated heterocycles. The predicted molar refractivity (Wildman–Crippen MR) is 101 cm³/mol. The van der Waals surface area contributed by atoms with Crippen molar-refractivity contribution in [3.8, 4) is 0 Å². The van der Waals surface area contributed by atoms with E-state index in [2.05, 4.69) is 10.2 Å². The van der Waals surface area contributed by atoms with Gasteiger partial charge in [-0.3, -0.25) is 14.2 Å². The Morgan fingerprint density at radius 1 is 1.38 bits per heavy atom. The van der Waals surface area contributed by atoms with Gasteiger partial charge in [0.25, 0.3) is 0 Å². The lowest BCUT2D eigenvalue weighted by Crippen LogP contribution is -2.46. The first-order valence-electron chi connectivity index (χ1n) is 8.66. The van der Waals surface area contributed by atoms with Crippen LogP contribution in [-0.2, 0) is 14.8 Å². The third-order valence-corrected chi connectivity index (χ3v) is 5.85. The molecule has 2 aromatic rings. The van der Waals surface area contributed by atoms with E-state index in [1.165, 1.54) is 4.31 Å². The van der Waals surface area contributed by atoms with Crippen molar-refractivity contribution in [1.82, 2.24) is 15.1 Å². The van der Waals surface area contributed by atoms with Gasteiger partial charge < -0.3 is 4.90 Å². The minimum absolute atomic E-state index is 0.179. The molecule has 3 rings (SSSR count). The van der Waals surface area contributed by atoms with Crippen LogP contribution in [0.1, 0.15) is 30.0 Å². The average molecular weight is 376 g/mol.